The van der Waals surface area contributed by atoms with Crippen molar-refractivity contribution in [2.75, 3.05) is 7.11 Å². The number of hydrogen-bond donors (Lipinski definition) is 1. The molecule has 2 heterocycles. The molecule has 1 N–H and O–H groups in total. The topological polar surface area (TPSA) is 67.8 Å². The number of nitrogens with zero attached hydrogens (tertiary/aromatic N) is 2. The van der Waals surface area contributed by atoms with Crippen LogP contribution >= 0.6 is 0 Å². The predicted molar refractivity (Wildman–Crippen MR) is 90.9 cm³/mol. The van der Waals surface area contributed by atoms with Crippen molar-refractivity contribution in [2.24, 2.45) is 5.16 Å². The first-order chi connectivity index (χ1) is 11.8. The Morgan fingerprint density at radius 2 is 1.92 bits per heavy atom. The normalized spacial score (nSPS) is 12.0. The second-order valence-corrected chi connectivity index (χ2v) is 5.37. The van der Waals surface area contributed by atoms with Gasteiger partial charge in [0.15, 0.2) is 5.76 Å². The average Bonchev–Trinajstić information content (AvgIpc) is 2.66. The molecule has 2 aromatic carbocycles. The molecule has 5 heteroatoms. The lowest BCUT2D eigenvalue weighted by molar-refractivity contribution is 0.302. The summed E-state index contributed by atoms with van der Waals surface area (Å²) in [6.45, 7) is 0. The second kappa shape index (κ2) is 5.70. The van der Waals surface area contributed by atoms with Crippen LogP contribution in [0.4, 0.5) is 0 Å². The van der Waals surface area contributed by atoms with Crippen LogP contribution in [0.2, 0.25) is 0 Å². The van der Waals surface area contributed by atoms with E-state index in [1.807, 2.05) is 48.5 Å². The summed E-state index contributed by atoms with van der Waals surface area (Å²) in [5.41, 5.74) is 1.31. The number of rotatable bonds is 2. The summed E-state index contributed by atoms with van der Waals surface area (Å²) < 4.78 is 11.2. The number of hydrogen-bond acceptors (Lipinski definition) is 5. The Morgan fingerprint density at radius 1 is 1.04 bits per heavy atom. The highest BCUT2D eigenvalue weighted by molar-refractivity contribution is 5.86. The van der Waals surface area contributed by atoms with Crippen LogP contribution in [0.25, 0.3) is 33.2 Å². The van der Waals surface area contributed by atoms with Gasteiger partial charge in [0.05, 0.1) is 7.11 Å². The van der Waals surface area contributed by atoms with Crippen LogP contribution < -0.4 is 10.1 Å². The van der Waals surface area contributed by atoms with Crippen molar-refractivity contribution in [3.8, 4) is 17.2 Å². The first-order valence-corrected chi connectivity index (χ1v) is 7.43. The van der Waals surface area contributed by atoms with E-state index < -0.39 is 0 Å². The molecule has 0 aliphatic heterocycles. The third-order valence-electron chi connectivity index (χ3n) is 3.94. The summed E-state index contributed by atoms with van der Waals surface area (Å²) in [5.74, 6) is 1.33. The Labute approximate surface area is 137 Å². The van der Waals surface area contributed by atoms with Gasteiger partial charge in [0, 0.05) is 23.0 Å². The van der Waals surface area contributed by atoms with Gasteiger partial charge in [-0.05, 0) is 35.7 Å². The number of ether oxygens (including phenoxy) is 1. The Balaban J connectivity index is 1.92. The van der Waals surface area contributed by atoms with Crippen LogP contribution in [0.15, 0.2) is 70.4 Å². The molecule has 0 unspecified atom stereocenters. The van der Waals surface area contributed by atoms with Gasteiger partial charge in [0.1, 0.15) is 22.4 Å². The van der Waals surface area contributed by atoms with Crippen molar-refractivity contribution in [3.05, 3.63) is 66.2 Å². The van der Waals surface area contributed by atoms with Crippen LogP contribution in [0, 0.1) is 0 Å². The van der Waals surface area contributed by atoms with Gasteiger partial charge in [0.2, 0.25) is 0 Å². The minimum Gasteiger partial charge on any atom is -0.497 e. The van der Waals surface area contributed by atoms with E-state index in [-0.39, 0.29) is 0 Å². The lowest BCUT2D eigenvalue weighted by Crippen LogP contribution is -2.03. The van der Waals surface area contributed by atoms with Gasteiger partial charge in [-0.3, -0.25) is 4.98 Å². The molecule has 5 nitrogen and oxygen atoms in total. The zero-order valence-electron chi connectivity index (χ0n) is 12.9. The van der Waals surface area contributed by atoms with Crippen LogP contribution in [-0.4, -0.2) is 17.3 Å². The molecule has 0 atom stereocenters. The Morgan fingerprint density at radius 3 is 2.75 bits per heavy atom. The molecule has 2 aromatic heterocycles. The highest BCUT2D eigenvalue weighted by Crippen LogP contribution is 2.26. The molecule has 24 heavy (non-hydrogen) atoms. The van der Waals surface area contributed by atoms with E-state index in [2.05, 4.69) is 10.1 Å². The fraction of sp³-hybridized carbons (Fsp3) is 0.0526. The van der Waals surface area contributed by atoms with Crippen molar-refractivity contribution in [2.45, 2.75) is 0 Å². The highest BCUT2D eigenvalue weighted by atomic mass is 16.5. The molecule has 0 bridgehead atoms. The predicted octanol–water partition coefficient (Wildman–Crippen LogP) is 3.95. The van der Waals surface area contributed by atoms with Gasteiger partial charge in [-0.2, -0.15) is 0 Å². The van der Waals surface area contributed by atoms with E-state index in [9.17, 15) is 5.21 Å². The van der Waals surface area contributed by atoms with Crippen LogP contribution in [0.5, 0.6) is 5.75 Å². The minimum absolute atomic E-state index is 0.448. The molecule has 0 saturated carbocycles. The van der Waals surface area contributed by atoms with Crippen molar-refractivity contribution >= 4 is 21.7 Å². The summed E-state index contributed by atoms with van der Waals surface area (Å²) in [7, 11) is 1.64. The molecular formula is C19H14N2O3. The zero-order valence-corrected chi connectivity index (χ0v) is 12.9. The average molecular weight is 318 g/mol. The number of aromatic nitrogens is 1. The fourth-order valence-electron chi connectivity index (χ4n) is 2.71. The van der Waals surface area contributed by atoms with Crippen molar-refractivity contribution < 1.29 is 14.4 Å². The highest BCUT2D eigenvalue weighted by Gasteiger charge is 2.08. The molecule has 0 radical (unpaired) electrons. The lowest BCUT2D eigenvalue weighted by atomic mass is 10.1. The van der Waals surface area contributed by atoms with Crippen molar-refractivity contribution in [1.82, 2.24) is 4.98 Å². The molecule has 0 fully saturated rings. The Bertz CT molecular complexity index is 1120. The maximum absolute atomic E-state index is 9.29. The van der Waals surface area contributed by atoms with Crippen LogP contribution in [0.3, 0.4) is 0 Å². The molecular weight excluding hydrogens is 304 g/mol. The maximum Gasteiger partial charge on any atom is 0.155 e. The monoisotopic (exact) mass is 318 g/mol. The molecule has 0 aliphatic rings. The summed E-state index contributed by atoms with van der Waals surface area (Å²) in [6, 6.07) is 16.8. The number of fused-ring (bicyclic) bond motifs is 2. The minimum atomic E-state index is 0.448. The zero-order chi connectivity index (χ0) is 16.5. The SMILES string of the molecule is COc1ccc2cc(-c3c/c(=N\O)c4ccccc4o3)ncc2c1. The third kappa shape index (κ3) is 2.36. The summed E-state index contributed by atoms with van der Waals surface area (Å²) in [4.78, 5) is 4.46. The summed E-state index contributed by atoms with van der Waals surface area (Å²) in [6.07, 6.45) is 1.77. The van der Waals surface area contributed by atoms with Crippen LogP contribution in [-0.2, 0) is 0 Å². The smallest absolute Gasteiger partial charge is 0.155 e. The molecule has 4 rings (SSSR count). The molecule has 0 saturated heterocycles. The van der Waals surface area contributed by atoms with Crippen LogP contribution in [0.1, 0.15) is 0 Å². The molecule has 4 aromatic rings. The summed E-state index contributed by atoms with van der Waals surface area (Å²) >= 11 is 0. The first kappa shape index (κ1) is 14.3. The van der Waals surface area contributed by atoms with Crippen molar-refractivity contribution in [1.29, 1.82) is 0 Å². The molecule has 0 spiro atoms. The van der Waals surface area contributed by atoms with E-state index in [1.54, 1.807) is 19.4 Å². The molecule has 118 valence electrons. The van der Waals surface area contributed by atoms with Gasteiger partial charge in [-0.25, -0.2) is 0 Å². The number of benzene rings is 2. The first-order valence-electron chi connectivity index (χ1n) is 7.43. The quantitative estimate of drug-likeness (QED) is 0.449. The lowest BCUT2D eigenvalue weighted by Gasteiger charge is -2.06. The van der Waals surface area contributed by atoms with Gasteiger partial charge in [-0.1, -0.05) is 23.4 Å². The van der Waals surface area contributed by atoms with Crippen molar-refractivity contribution in [3.63, 3.8) is 0 Å². The standard InChI is InChI=1S/C19H14N2O3/c1-23-14-7-6-12-9-17(20-11-13(12)8-14)19-10-16(21-22)15-4-2-3-5-18(15)24-19/h2-11,22H,1H3/b21-16+. The number of methoxy groups -OCH3 is 1. The molecule has 0 aliphatic carbocycles. The number of para-hydroxylation sites is 1. The van der Waals surface area contributed by atoms with Gasteiger partial charge in [0.25, 0.3) is 0 Å². The van der Waals surface area contributed by atoms with Gasteiger partial charge < -0.3 is 14.4 Å². The molecule has 0 amide bonds. The maximum atomic E-state index is 9.29. The van der Waals surface area contributed by atoms with E-state index in [1.165, 1.54) is 0 Å². The van der Waals surface area contributed by atoms with E-state index in [0.29, 0.717) is 22.4 Å². The fourth-order valence-corrected chi connectivity index (χ4v) is 2.71. The second-order valence-electron chi connectivity index (χ2n) is 5.37. The van der Waals surface area contributed by atoms with E-state index in [4.69, 9.17) is 9.15 Å². The Hall–Kier alpha value is -3.34. The van der Waals surface area contributed by atoms with Gasteiger partial charge >= 0.3 is 0 Å². The summed E-state index contributed by atoms with van der Waals surface area (Å²) in [5, 5.41) is 15.8. The van der Waals surface area contributed by atoms with E-state index >= 15 is 0 Å². The number of pyridine rings is 1. The van der Waals surface area contributed by atoms with E-state index in [0.717, 1.165) is 21.9 Å². The van der Waals surface area contributed by atoms with Gasteiger partial charge in [-0.15, -0.1) is 0 Å². The third-order valence-corrected chi connectivity index (χ3v) is 3.94. The largest absolute Gasteiger partial charge is 0.497 e. The Kier molecular flexibility index (Phi) is 3.39.